The largest absolute Gasteiger partial charge is 0.147 e. The Morgan fingerprint density at radius 1 is 1.05 bits per heavy atom. The molecule has 0 bridgehead atoms. The van der Waals surface area contributed by atoms with E-state index in [1.54, 1.807) is 3.28 Å². The van der Waals surface area contributed by atoms with Gasteiger partial charge in [0, 0.05) is 0 Å². The van der Waals surface area contributed by atoms with Crippen LogP contribution >= 0.6 is 24.8 Å². The summed E-state index contributed by atoms with van der Waals surface area (Å²) in [6.07, 6.45) is 8.11. The summed E-state index contributed by atoms with van der Waals surface area (Å²) in [5.74, 6) is -0.563. The molecule has 0 saturated carbocycles. The Morgan fingerprint density at radius 2 is 1.65 bits per heavy atom. The van der Waals surface area contributed by atoms with E-state index < -0.39 is 27.1 Å². The normalized spacial score (nSPS) is 12.6. The summed E-state index contributed by atoms with van der Waals surface area (Å²) in [6, 6.07) is 6.85. The van der Waals surface area contributed by atoms with E-state index >= 15 is 0 Å². The maximum Gasteiger partial charge on any atom is -0.147 e. The number of hydrogen-bond donors (Lipinski definition) is 1. The van der Waals surface area contributed by atoms with Gasteiger partial charge in [-0.3, -0.25) is 0 Å². The first-order valence-electron chi connectivity index (χ1n) is 6.64. The molecule has 0 spiro atoms. The zero-order chi connectivity index (χ0) is 13.1. The first kappa shape index (κ1) is 20.2. The third kappa shape index (κ3) is 5.52. The molecule has 1 N–H and O–H groups in total. The first-order chi connectivity index (χ1) is 8.56. The molecular formula is C15H24Cl2NSiZr. The van der Waals surface area contributed by atoms with Crippen molar-refractivity contribution < 1.29 is 21.2 Å². The summed E-state index contributed by atoms with van der Waals surface area (Å²) < 4.78 is 5.70. The van der Waals surface area contributed by atoms with Crippen molar-refractivity contribution >= 4 is 36.4 Å². The molecule has 0 aromatic heterocycles. The van der Waals surface area contributed by atoms with Gasteiger partial charge in [-0.25, -0.2) is 0 Å². The van der Waals surface area contributed by atoms with Crippen molar-refractivity contribution in [2.24, 2.45) is 0 Å². The van der Waals surface area contributed by atoms with Crippen LogP contribution in [-0.2, 0) is 21.2 Å². The fraction of sp³-hybridized carbons (Fsp3) is 0.333. The Morgan fingerprint density at radius 3 is 2.10 bits per heavy atom. The molecule has 0 saturated heterocycles. The zero-order valence-electron chi connectivity index (χ0n) is 12.6. The second kappa shape index (κ2) is 9.25. The van der Waals surface area contributed by atoms with E-state index in [0.717, 1.165) is 0 Å². The molecule has 0 unspecified atom stereocenters. The summed E-state index contributed by atoms with van der Waals surface area (Å²) in [4.78, 5) is 0. The molecule has 0 fully saturated rings. The zero-order valence-corrected chi connectivity index (χ0v) is 17.8. The Labute approximate surface area is 144 Å². The van der Waals surface area contributed by atoms with Crippen LogP contribution in [0.25, 0.3) is 0 Å². The molecule has 0 heterocycles. The predicted molar refractivity (Wildman–Crippen MR) is 94.8 cm³/mol. The standard InChI is InChI=1S/C8H10N.C5H5.C2H7Si.2ClH.Zr/c1-6-3-7(2)5-8(9)4-6;1-2-4-5-3-1;1-3-2;;;/h3-5,9H,1-2H3;1-3H,4H2;3H,1-2H3;2*1H;/q-1;;;;;+1. The minimum Gasteiger partial charge on any atom is -0.147 e. The predicted octanol–water partition coefficient (Wildman–Crippen LogP) is 4.92. The number of halogens is 2. The van der Waals surface area contributed by atoms with E-state index in [0.29, 0.717) is 0 Å². The van der Waals surface area contributed by atoms with Gasteiger partial charge in [-0.1, -0.05) is 0 Å². The molecule has 111 valence electrons. The Kier molecular flexibility index (Phi) is 9.33. The molecule has 20 heavy (non-hydrogen) atoms. The quantitative estimate of drug-likeness (QED) is 0.698. The van der Waals surface area contributed by atoms with Gasteiger partial charge < -0.3 is 0 Å². The SMILES string of the molecule is Cc1cc(C)cc([NH][Zr]([C]2=CC=CC2)[SiH](C)C)c1.Cl.Cl. The molecule has 1 aliphatic carbocycles. The molecule has 0 radical (unpaired) electrons. The summed E-state index contributed by atoms with van der Waals surface area (Å²) in [6.45, 7) is 9.38. The molecule has 1 aromatic rings. The fourth-order valence-electron chi connectivity index (χ4n) is 2.44. The summed E-state index contributed by atoms with van der Waals surface area (Å²) in [5, 5.41) is 0. The van der Waals surface area contributed by atoms with Gasteiger partial charge in [0.2, 0.25) is 0 Å². The number of benzene rings is 1. The van der Waals surface area contributed by atoms with Crippen LogP contribution in [0.3, 0.4) is 0 Å². The summed E-state index contributed by atoms with van der Waals surface area (Å²) >= 11 is -1.57. The van der Waals surface area contributed by atoms with Crippen LogP contribution in [0, 0.1) is 13.8 Å². The molecule has 5 heteroatoms. The van der Waals surface area contributed by atoms with Gasteiger partial charge >= 0.3 is 120 Å². The summed E-state index contributed by atoms with van der Waals surface area (Å²) in [5.41, 5.74) is 4.09. The number of nitrogens with one attached hydrogen (secondary N) is 1. The van der Waals surface area contributed by atoms with E-state index in [-0.39, 0.29) is 24.8 Å². The monoisotopic (exact) mass is 406 g/mol. The van der Waals surface area contributed by atoms with Crippen molar-refractivity contribution in [2.75, 3.05) is 3.26 Å². The van der Waals surface area contributed by atoms with Crippen molar-refractivity contribution in [3.05, 3.63) is 50.8 Å². The Bertz CT molecular complexity index is 480. The Hall–Kier alpha value is 0.180. The molecular weight excluding hydrogens is 384 g/mol. The maximum absolute atomic E-state index is 3.95. The van der Waals surface area contributed by atoms with E-state index in [1.165, 1.54) is 23.2 Å². The second-order valence-corrected chi connectivity index (χ2v) is 23.9. The van der Waals surface area contributed by atoms with Crippen LogP contribution in [0.1, 0.15) is 17.5 Å². The maximum atomic E-state index is 3.95. The minimum absolute atomic E-state index is 0. The van der Waals surface area contributed by atoms with Crippen LogP contribution in [0.15, 0.2) is 39.7 Å². The van der Waals surface area contributed by atoms with Crippen LogP contribution < -0.4 is 3.26 Å². The third-order valence-corrected chi connectivity index (χ3v) is 19.9. The van der Waals surface area contributed by atoms with Crippen molar-refractivity contribution in [1.29, 1.82) is 0 Å². The first-order valence-corrected chi connectivity index (χ1v) is 16.2. The number of hydrogen-bond acceptors (Lipinski definition) is 1. The average molecular weight is 409 g/mol. The average Bonchev–Trinajstić information content (AvgIpc) is 2.77. The fourth-order valence-corrected chi connectivity index (χ4v) is 16.3. The van der Waals surface area contributed by atoms with Gasteiger partial charge in [0.1, 0.15) is 0 Å². The number of aryl methyl sites for hydroxylation is 2. The van der Waals surface area contributed by atoms with Crippen molar-refractivity contribution in [3.63, 3.8) is 0 Å². The molecule has 1 aliphatic rings. The van der Waals surface area contributed by atoms with Gasteiger partial charge in [0.25, 0.3) is 0 Å². The van der Waals surface area contributed by atoms with Gasteiger partial charge in [-0.2, -0.15) is 0 Å². The van der Waals surface area contributed by atoms with Gasteiger partial charge in [-0.05, 0) is 0 Å². The van der Waals surface area contributed by atoms with Gasteiger partial charge in [0.05, 0.1) is 0 Å². The second-order valence-electron chi connectivity index (χ2n) is 5.39. The van der Waals surface area contributed by atoms with Crippen LogP contribution in [0.4, 0.5) is 5.69 Å². The molecule has 0 atom stereocenters. The van der Waals surface area contributed by atoms with Crippen molar-refractivity contribution in [1.82, 2.24) is 0 Å². The molecule has 2 rings (SSSR count). The van der Waals surface area contributed by atoms with E-state index in [9.17, 15) is 0 Å². The third-order valence-electron chi connectivity index (χ3n) is 3.20. The topological polar surface area (TPSA) is 12.0 Å². The van der Waals surface area contributed by atoms with Crippen LogP contribution in [0.5, 0.6) is 0 Å². The number of allylic oxidation sites excluding steroid dienone is 4. The minimum atomic E-state index is -1.57. The summed E-state index contributed by atoms with van der Waals surface area (Å²) in [7, 11) is 0. The van der Waals surface area contributed by atoms with E-state index in [2.05, 4.69) is 66.6 Å². The van der Waals surface area contributed by atoms with Crippen molar-refractivity contribution in [3.8, 4) is 0 Å². The molecule has 0 amide bonds. The van der Waals surface area contributed by atoms with Gasteiger partial charge in [-0.15, -0.1) is 24.8 Å². The van der Waals surface area contributed by atoms with Crippen LogP contribution in [-0.4, -0.2) is 5.92 Å². The van der Waals surface area contributed by atoms with E-state index in [1.807, 2.05) is 0 Å². The van der Waals surface area contributed by atoms with Crippen LogP contribution in [0.2, 0.25) is 13.1 Å². The smallest absolute Gasteiger partial charge is 0.147 e. The van der Waals surface area contributed by atoms with Gasteiger partial charge in [0.15, 0.2) is 0 Å². The molecule has 1 aromatic carbocycles. The molecule has 0 aliphatic heterocycles. The number of anilines is 1. The van der Waals surface area contributed by atoms with E-state index in [4.69, 9.17) is 0 Å². The van der Waals surface area contributed by atoms with Crippen molar-refractivity contribution in [2.45, 2.75) is 33.4 Å². The number of rotatable bonds is 4. The molecule has 1 nitrogen and oxygen atoms in total. The Balaban J connectivity index is 0.00000180.